The summed E-state index contributed by atoms with van der Waals surface area (Å²) in [5.74, 6) is -0.911. The number of anilines is 1. The minimum absolute atomic E-state index is 0.240. The van der Waals surface area contributed by atoms with Gasteiger partial charge >= 0.3 is 5.97 Å². The van der Waals surface area contributed by atoms with E-state index in [0.717, 1.165) is 12.1 Å². The summed E-state index contributed by atoms with van der Waals surface area (Å²) in [5.41, 5.74) is 0.524. The number of carbonyl (C=O) groups is 1. The zero-order valence-electron chi connectivity index (χ0n) is 14.3. The van der Waals surface area contributed by atoms with Crippen LogP contribution in [-0.4, -0.2) is 31.8 Å². The van der Waals surface area contributed by atoms with E-state index in [4.69, 9.17) is 4.74 Å². The Morgan fingerprint density at radius 1 is 1.42 bits per heavy atom. The molecule has 10 nitrogen and oxygen atoms in total. The molecule has 26 heavy (non-hydrogen) atoms. The third-order valence-electron chi connectivity index (χ3n) is 3.85. The second-order valence-corrected chi connectivity index (χ2v) is 6.03. The van der Waals surface area contributed by atoms with Crippen molar-refractivity contribution in [2.45, 2.75) is 32.9 Å². The lowest BCUT2D eigenvalue weighted by atomic mass is 9.95. The second kappa shape index (κ2) is 6.47. The highest BCUT2D eigenvalue weighted by Crippen LogP contribution is 2.37. The Kier molecular flexibility index (Phi) is 4.33. The highest BCUT2D eigenvalue weighted by Gasteiger charge is 2.35. The van der Waals surface area contributed by atoms with E-state index in [1.165, 1.54) is 17.1 Å². The molecule has 0 aliphatic carbocycles. The lowest BCUT2D eigenvalue weighted by Gasteiger charge is -2.28. The van der Waals surface area contributed by atoms with Crippen molar-refractivity contribution in [2.24, 2.45) is 0 Å². The average molecular weight is 358 g/mol. The number of nitro benzene ring substituents is 1. The number of carbonyl (C=O) groups excluding carboxylic acids is 1. The lowest BCUT2D eigenvalue weighted by Crippen LogP contribution is -2.30. The van der Waals surface area contributed by atoms with Crippen molar-refractivity contribution in [3.8, 4) is 5.75 Å². The van der Waals surface area contributed by atoms with E-state index in [1.54, 1.807) is 20.8 Å². The van der Waals surface area contributed by atoms with Gasteiger partial charge in [0.15, 0.2) is 0 Å². The van der Waals surface area contributed by atoms with E-state index < -0.39 is 28.4 Å². The first-order chi connectivity index (χ1) is 12.3. The van der Waals surface area contributed by atoms with Crippen LogP contribution in [0.15, 0.2) is 35.8 Å². The third-order valence-corrected chi connectivity index (χ3v) is 3.85. The molecular formula is C16H16N5O5-. The summed E-state index contributed by atoms with van der Waals surface area (Å²) >= 11 is 0. The molecule has 1 aromatic carbocycles. The van der Waals surface area contributed by atoms with E-state index in [2.05, 4.69) is 15.4 Å². The molecule has 0 fully saturated rings. The average Bonchev–Trinajstić information content (AvgIpc) is 3.00. The summed E-state index contributed by atoms with van der Waals surface area (Å²) in [6, 6.07) is 2.89. The number of rotatable bonds is 4. The van der Waals surface area contributed by atoms with Crippen molar-refractivity contribution in [1.82, 2.24) is 14.8 Å². The van der Waals surface area contributed by atoms with E-state index >= 15 is 0 Å². The number of allylic oxidation sites excluding steroid dienone is 1. The molecule has 1 aromatic heterocycles. The molecule has 1 aliphatic rings. The monoisotopic (exact) mass is 358 g/mol. The van der Waals surface area contributed by atoms with E-state index in [0.29, 0.717) is 17.2 Å². The maximum absolute atomic E-state index is 12.6. The van der Waals surface area contributed by atoms with Gasteiger partial charge in [-0.3, -0.25) is 10.1 Å². The Morgan fingerprint density at radius 3 is 2.81 bits per heavy atom. The summed E-state index contributed by atoms with van der Waals surface area (Å²) in [7, 11) is 0. The lowest BCUT2D eigenvalue weighted by molar-refractivity contribution is -0.398. The van der Waals surface area contributed by atoms with Crippen molar-refractivity contribution >= 4 is 17.6 Å². The van der Waals surface area contributed by atoms with Crippen LogP contribution in [0.5, 0.6) is 5.75 Å². The van der Waals surface area contributed by atoms with Crippen molar-refractivity contribution < 1.29 is 19.6 Å². The minimum Gasteiger partial charge on any atom is -0.868 e. The van der Waals surface area contributed by atoms with Crippen LogP contribution < -0.4 is 10.4 Å². The number of ether oxygens (including phenoxy) is 1. The van der Waals surface area contributed by atoms with Gasteiger partial charge in [0.05, 0.1) is 16.6 Å². The molecule has 1 atom stereocenters. The van der Waals surface area contributed by atoms with Gasteiger partial charge in [-0.2, -0.15) is 10.1 Å². The van der Waals surface area contributed by atoms with E-state index in [1.807, 2.05) is 0 Å². The molecule has 1 N–H and O–H groups in total. The summed E-state index contributed by atoms with van der Waals surface area (Å²) in [6.45, 7) is 5.12. The standard InChI is InChI=1S/C16H17N5O5/c1-8(2)26-15(23)13-9(3)19-16-17-7-18-20(16)14(13)10-4-5-12(22)11(6-10)21(24)25/h4-8,14,22H,1-3H3,(H,17,18,19)/p-1/t14-/m1/s1. The van der Waals surface area contributed by atoms with Crippen molar-refractivity contribution in [3.63, 3.8) is 0 Å². The van der Waals surface area contributed by atoms with Crippen LogP contribution in [0.25, 0.3) is 0 Å². The number of nitrogens with one attached hydrogen (secondary N) is 1. The van der Waals surface area contributed by atoms with Crippen LogP contribution in [0.3, 0.4) is 0 Å². The van der Waals surface area contributed by atoms with Crippen LogP contribution in [0.1, 0.15) is 32.4 Å². The van der Waals surface area contributed by atoms with Gasteiger partial charge in [0, 0.05) is 11.8 Å². The summed E-state index contributed by atoms with van der Waals surface area (Å²) in [4.78, 5) is 27.1. The van der Waals surface area contributed by atoms with Crippen LogP contribution >= 0.6 is 0 Å². The van der Waals surface area contributed by atoms with E-state index in [9.17, 15) is 20.0 Å². The molecule has 0 amide bonds. The van der Waals surface area contributed by atoms with Crippen LogP contribution in [0.4, 0.5) is 11.6 Å². The van der Waals surface area contributed by atoms with Crippen molar-refractivity contribution in [2.75, 3.05) is 5.32 Å². The number of nitro groups is 1. The molecule has 0 saturated heterocycles. The Balaban J connectivity index is 2.17. The molecule has 1 aliphatic heterocycles. The summed E-state index contributed by atoms with van der Waals surface area (Å²) < 4.78 is 6.73. The Bertz CT molecular complexity index is 918. The van der Waals surface area contributed by atoms with Gasteiger partial charge in [-0.15, -0.1) is 0 Å². The van der Waals surface area contributed by atoms with Crippen LogP contribution in [-0.2, 0) is 9.53 Å². The molecule has 2 aromatic rings. The van der Waals surface area contributed by atoms with Gasteiger partial charge in [0.2, 0.25) is 5.95 Å². The fourth-order valence-corrected chi connectivity index (χ4v) is 2.79. The molecule has 136 valence electrons. The maximum atomic E-state index is 12.6. The zero-order chi connectivity index (χ0) is 19.0. The molecular weight excluding hydrogens is 342 g/mol. The van der Waals surface area contributed by atoms with Gasteiger partial charge in [-0.05, 0) is 32.1 Å². The fourth-order valence-electron chi connectivity index (χ4n) is 2.79. The number of hydrogen-bond acceptors (Lipinski definition) is 8. The molecule has 2 heterocycles. The van der Waals surface area contributed by atoms with Crippen molar-refractivity contribution in [1.29, 1.82) is 0 Å². The first-order valence-corrected chi connectivity index (χ1v) is 7.83. The molecule has 0 bridgehead atoms. The largest absolute Gasteiger partial charge is 0.868 e. The number of fused-ring (bicyclic) bond motifs is 1. The number of esters is 1. The molecule has 3 rings (SSSR count). The van der Waals surface area contributed by atoms with Gasteiger partial charge < -0.3 is 15.2 Å². The van der Waals surface area contributed by atoms with Crippen molar-refractivity contribution in [3.05, 3.63) is 51.5 Å². The van der Waals surface area contributed by atoms with Gasteiger partial charge in [-0.1, -0.05) is 12.1 Å². The normalized spacial score (nSPS) is 16.2. The number of aromatic nitrogens is 3. The summed E-state index contributed by atoms with van der Waals surface area (Å²) in [6.07, 6.45) is 0.953. The van der Waals surface area contributed by atoms with Crippen LogP contribution in [0, 0.1) is 10.1 Å². The first kappa shape index (κ1) is 17.4. The first-order valence-electron chi connectivity index (χ1n) is 7.83. The number of nitrogens with zero attached hydrogens (tertiary/aromatic N) is 4. The predicted molar refractivity (Wildman–Crippen MR) is 88.3 cm³/mol. The van der Waals surface area contributed by atoms with Gasteiger partial charge in [0.25, 0.3) is 5.69 Å². The number of hydrogen-bond donors (Lipinski definition) is 1. The van der Waals surface area contributed by atoms with E-state index in [-0.39, 0.29) is 11.7 Å². The molecule has 0 radical (unpaired) electrons. The van der Waals surface area contributed by atoms with Gasteiger partial charge in [-0.25, -0.2) is 9.48 Å². The highest BCUT2D eigenvalue weighted by molar-refractivity contribution is 5.92. The smallest absolute Gasteiger partial charge is 0.338 e. The fraction of sp³-hybridized carbons (Fsp3) is 0.312. The SMILES string of the molecule is CC1=C(C(=O)OC(C)C)[C@@H](c2ccc([O-])c([N+](=O)[O-])c2)n2ncnc2N1. The Morgan fingerprint density at radius 2 is 2.15 bits per heavy atom. The van der Waals surface area contributed by atoms with Crippen LogP contribution in [0.2, 0.25) is 0 Å². The summed E-state index contributed by atoms with van der Waals surface area (Å²) in [5, 5.41) is 29.9. The topological polar surface area (TPSA) is 135 Å². The zero-order valence-corrected chi connectivity index (χ0v) is 14.3. The molecule has 0 saturated carbocycles. The molecule has 10 heteroatoms. The minimum atomic E-state index is -0.806. The highest BCUT2D eigenvalue weighted by atomic mass is 16.6. The van der Waals surface area contributed by atoms with Gasteiger partial charge in [0.1, 0.15) is 12.4 Å². The number of benzene rings is 1. The Hall–Kier alpha value is -3.43. The quantitative estimate of drug-likeness (QED) is 0.493. The predicted octanol–water partition coefficient (Wildman–Crippen LogP) is 1.50. The second-order valence-electron chi connectivity index (χ2n) is 6.03. The maximum Gasteiger partial charge on any atom is 0.338 e. The molecule has 0 spiro atoms. The Labute approximate surface area is 148 Å². The molecule has 0 unspecified atom stereocenters. The third kappa shape index (κ3) is 2.96.